The summed E-state index contributed by atoms with van der Waals surface area (Å²) in [6, 6.07) is 17.2. The first-order valence-electron chi connectivity index (χ1n) is 9.62. The lowest BCUT2D eigenvalue weighted by Crippen LogP contribution is -2.27. The SMILES string of the molecule is Cc1ccc(C(C)C)c(OCC(=O)N/N=C2/C(=O)c3cccc4cccc2c34)c1. The Bertz CT molecular complexity index is 1160. The van der Waals surface area contributed by atoms with Crippen molar-refractivity contribution in [1.29, 1.82) is 0 Å². The molecule has 5 heteroatoms. The van der Waals surface area contributed by atoms with Gasteiger partial charge in [0.25, 0.3) is 5.91 Å². The Morgan fingerprint density at radius 3 is 2.52 bits per heavy atom. The zero-order valence-electron chi connectivity index (χ0n) is 16.7. The number of carbonyl (C=O) groups excluding carboxylic acids is 2. The lowest BCUT2D eigenvalue weighted by atomic mass is 10.0. The maximum Gasteiger partial charge on any atom is 0.277 e. The molecule has 0 saturated carbocycles. The third kappa shape index (κ3) is 3.51. The molecule has 4 rings (SSSR count). The number of rotatable bonds is 5. The number of ketones is 1. The molecule has 3 aromatic rings. The molecule has 0 unspecified atom stereocenters. The van der Waals surface area contributed by atoms with Gasteiger partial charge in [0.15, 0.2) is 6.61 Å². The van der Waals surface area contributed by atoms with Crippen LogP contribution in [0.2, 0.25) is 0 Å². The van der Waals surface area contributed by atoms with Crippen LogP contribution in [0.5, 0.6) is 5.75 Å². The van der Waals surface area contributed by atoms with Crippen LogP contribution < -0.4 is 10.2 Å². The van der Waals surface area contributed by atoms with Crippen molar-refractivity contribution in [3.63, 3.8) is 0 Å². The van der Waals surface area contributed by atoms with Gasteiger partial charge in [0.05, 0.1) is 0 Å². The fourth-order valence-electron chi connectivity index (χ4n) is 3.63. The van der Waals surface area contributed by atoms with Gasteiger partial charge in [0.2, 0.25) is 5.78 Å². The normalized spacial score (nSPS) is 14.1. The molecule has 1 aliphatic rings. The summed E-state index contributed by atoms with van der Waals surface area (Å²) in [6.45, 7) is 5.96. The van der Waals surface area contributed by atoms with Gasteiger partial charge in [-0.25, -0.2) is 5.43 Å². The lowest BCUT2D eigenvalue weighted by molar-refractivity contribution is -0.123. The van der Waals surface area contributed by atoms with E-state index in [2.05, 4.69) is 24.4 Å². The van der Waals surface area contributed by atoms with E-state index in [0.29, 0.717) is 11.3 Å². The average Bonchev–Trinajstić information content (AvgIpc) is 2.98. The summed E-state index contributed by atoms with van der Waals surface area (Å²) in [5, 5.41) is 5.98. The Kier molecular flexibility index (Phi) is 4.89. The zero-order chi connectivity index (χ0) is 20.5. The van der Waals surface area contributed by atoms with Gasteiger partial charge in [-0.05, 0) is 35.4 Å². The Morgan fingerprint density at radius 2 is 1.79 bits per heavy atom. The van der Waals surface area contributed by atoms with Crippen LogP contribution in [0.25, 0.3) is 10.8 Å². The summed E-state index contributed by atoms with van der Waals surface area (Å²) >= 11 is 0. The Balaban J connectivity index is 1.50. The number of nitrogens with one attached hydrogen (secondary N) is 1. The average molecular weight is 386 g/mol. The van der Waals surface area contributed by atoms with Gasteiger partial charge in [0.1, 0.15) is 11.5 Å². The molecule has 5 nitrogen and oxygen atoms in total. The first-order chi connectivity index (χ1) is 14.0. The van der Waals surface area contributed by atoms with Crippen molar-refractivity contribution in [2.75, 3.05) is 6.61 Å². The lowest BCUT2D eigenvalue weighted by Gasteiger charge is -2.14. The predicted octanol–water partition coefficient (Wildman–Crippen LogP) is 4.37. The van der Waals surface area contributed by atoms with Gasteiger partial charge in [-0.1, -0.05) is 62.4 Å². The molecule has 29 heavy (non-hydrogen) atoms. The second kappa shape index (κ2) is 7.51. The standard InChI is InChI=1S/C24H22N2O3/c1-14(2)17-11-10-15(3)12-20(17)29-13-21(27)25-26-23-18-8-4-6-16-7-5-9-19(22(16)18)24(23)28/h4-12,14H,13H2,1-3H3,(H,25,27)/b26-23+. The van der Waals surface area contributed by atoms with E-state index in [9.17, 15) is 9.59 Å². The van der Waals surface area contributed by atoms with Crippen molar-refractivity contribution in [2.45, 2.75) is 26.7 Å². The van der Waals surface area contributed by atoms with Crippen molar-refractivity contribution in [1.82, 2.24) is 5.43 Å². The van der Waals surface area contributed by atoms with E-state index in [1.54, 1.807) is 6.07 Å². The van der Waals surface area contributed by atoms with E-state index in [4.69, 9.17) is 4.74 Å². The molecule has 146 valence electrons. The number of Topliss-reactive ketones (excluding diaryl/α,β-unsaturated/α-hetero) is 1. The zero-order valence-corrected chi connectivity index (χ0v) is 16.7. The van der Waals surface area contributed by atoms with E-state index in [1.807, 2.05) is 55.5 Å². The minimum atomic E-state index is -0.412. The molecule has 0 heterocycles. The molecule has 0 spiro atoms. The summed E-state index contributed by atoms with van der Waals surface area (Å²) < 4.78 is 5.74. The highest BCUT2D eigenvalue weighted by molar-refractivity contribution is 6.59. The van der Waals surface area contributed by atoms with Crippen LogP contribution in [-0.2, 0) is 4.79 Å². The second-order valence-electron chi connectivity index (χ2n) is 7.52. The smallest absolute Gasteiger partial charge is 0.277 e. The number of aryl methyl sites for hydroxylation is 1. The molecular formula is C24H22N2O3. The molecule has 0 saturated heterocycles. The van der Waals surface area contributed by atoms with E-state index in [-0.39, 0.29) is 24.0 Å². The third-order valence-electron chi connectivity index (χ3n) is 5.06. The first kappa shape index (κ1) is 18.9. The molecule has 1 aliphatic carbocycles. The van der Waals surface area contributed by atoms with Crippen LogP contribution in [-0.4, -0.2) is 24.0 Å². The highest BCUT2D eigenvalue weighted by atomic mass is 16.5. The minimum Gasteiger partial charge on any atom is -0.483 e. The summed E-state index contributed by atoms with van der Waals surface area (Å²) in [5.74, 6) is 0.379. The minimum absolute atomic E-state index is 0.175. The maximum absolute atomic E-state index is 12.7. The monoisotopic (exact) mass is 386 g/mol. The Hall–Kier alpha value is -3.47. The van der Waals surface area contributed by atoms with E-state index in [1.165, 1.54) is 0 Å². The molecule has 0 atom stereocenters. The van der Waals surface area contributed by atoms with Gasteiger partial charge in [0, 0.05) is 16.5 Å². The number of carbonyl (C=O) groups is 2. The van der Waals surface area contributed by atoms with Crippen LogP contribution in [0, 0.1) is 6.92 Å². The first-order valence-corrected chi connectivity index (χ1v) is 9.62. The maximum atomic E-state index is 12.7. The topological polar surface area (TPSA) is 67.8 Å². The Labute approximate surface area is 169 Å². The Morgan fingerprint density at radius 1 is 1.07 bits per heavy atom. The van der Waals surface area contributed by atoms with Crippen LogP contribution in [0.15, 0.2) is 59.7 Å². The summed E-state index contributed by atoms with van der Waals surface area (Å²) in [4.78, 5) is 25.0. The van der Waals surface area contributed by atoms with E-state index >= 15 is 0 Å². The van der Waals surface area contributed by atoms with Gasteiger partial charge < -0.3 is 4.74 Å². The van der Waals surface area contributed by atoms with Gasteiger partial charge in [-0.2, -0.15) is 5.10 Å². The molecule has 0 fully saturated rings. The summed E-state index contributed by atoms with van der Waals surface area (Å²) in [7, 11) is 0. The molecule has 3 aromatic carbocycles. The van der Waals surface area contributed by atoms with E-state index < -0.39 is 5.91 Å². The molecule has 0 aliphatic heterocycles. The summed E-state index contributed by atoms with van der Waals surface area (Å²) in [6.07, 6.45) is 0. The number of hydrogen-bond donors (Lipinski definition) is 1. The van der Waals surface area contributed by atoms with Crippen molar-refractivity contribution < 1.29 is 14.3 Å². The fourth-order valence-corrected chi connectivity index (χ4v) is 3.63. The van der Waals surface area contributed by atoms with Crippen LogP contribution in [0.1, 0.15) is 46.8 Å². The van der Waals surface area contributed by atoms with Crippen molar-refractivity contribution in [2.24, 2.45) is 5.10 Å². The number of hydrazone groups is 1. The number of nitrogens with zero attached hydrogens (tertiary/aromatic N) is 1. The van der Waals surface area contributed by atoms with Crippen molar-refractivity contribution in [3.8, 4) is 5.75 Å². The second-order valence-corrected chi connectivity index (χ2v) is 7.52. The quantitative estimate of drug-likeness (QED) is 0.662. The predicted molar refractivity (Wildman–Crippen MR) is 114 cm³/mol. The molecule has 0 aromatic heterocycles. The fraction of sp³-hybridized carbons (Fsp3) is 0.208. The van der Waals surface area contributed by atoms with Crippen LogP contribution in [0.3, 0.4) is 0 Å². The number of amides is 1. The third-order valence-corrected chi connectivity index (χ3v) is 5.06. The number of hydrogen-bond acceptors (Lipinski definition) is 4. The van der Waals surface area contributed by atoms with Crippen LogP contribution in [0.4, 0.5) is 0 Å². The van der Waals surface area contributed by atoms with Crippen molar-refractivity contribution >= 4 is 28.2 Å². The summed E-state index contributed by atoms with van der Waals surface area (Å²) in [5.41, 5.74) is 6.18. The molecular weight excluding hydrogens is 364 g/mol. The van der Waals surface area contributed by atoms with Crippen LogP contribution >= 0.6 is 0 Å². The van der Waals surface area contributed by atoms with Gasteiger partial charge >= 0.3 is 0 Å². The molecule has 0 radical (unpaired) electrons. The highest BCUT2D eigenvalue weighted by Gasteiger charge is 2.28. The molecule has 1 amide bonds. The molecule has 0 bridgehead atoms. The largest absolute Gasteiger partial charge is 0.483 e. The molecule has 1 N–H and O–H groups in total. The van der Waals surface area contributed by atoms with Crippen molar-refractivity contribution in [3.05, 3.63) is 76.9 Å². The van der Waals surface area contributed by atoms with E-state index in [0.717, 1.165) is 27.5 Å². The van der Waals surface area contributed by atoms with Gasteiger partial charge in [-0.3, -0.25) is 9.59 Å². The number of benzene rings is 3. The highest BCUT2D eigenvalue weighted by Crippen LogP contribution is 2.31. The number of ether oxygens (including phenoxy) is 1. The van der Waals surface area contributed by atoms with Gasteiger partial charge in [-0.15, -0.1) is 0 Å².